The minimum Gasteiger partial charge on any atom is -0.477 e. The molecule has 8 N–H and O–H groups in total. The number of nitrogens with zero attached hydrogens (tertiary/aromatic N) is 5. The molecule has 1 amide bonds. The lowest BCUT2D eigenvalue weighted by molar-refractivity contribution is 0.0687. The summed E-state index contributed by atoms with van der Waals surface area (Å²) in [4.78, 5) is 67.6. The zero-order chi connectivity index (χ0) is 34.1. The number of halogens is 2. The molecule has 0 aliphatic heterocycles. The lowest BCUT2D eigenvalue weighted by atomic mass is 10.0. The number of hydrogen-bond acceptors (Lipinski definition) is 13. The molecule has 0 unspecified atom stereocenters. The number of benzene rings is 2. The number of nitrogens with two attached hydrogens (primary N) is 2. The fraction of sp³-hybridized carbons (Fsp3) is 0.194. The lowest BCUT2D eigenvalue weighted by Crippen LogP contribution is -2.37. The Balaban J connectivity index is 0.000000262. The summed E-state index contributed by atoms with van der Waals surface area (Å²) in [5.74, 6) is -2.66. The molecule has 50 heavy (non-hydrogen) atoms. The van der Waals surface area contributed by atoms with Gasteiger partial charge in [-0.1, -0.05) is 30.8 Å². The van der Waals surface area contributed by atoms with Crippen LogP contribution in [0.25, 0.3) is 17.2 Å². The standard InChI is InChI=1S/C19H14FN7O5.C11H11N3O2.CH4.ClH/c20-10-2-1-8(3-9(10)6-22-14-13(21)15(28)16(14)29)5-23-17(30)11-4-12(18(31)32)27-19(26-11)24-7-25-27;12-9-4-2-6-5-7(1-3-8(6)9)10-13-11(15)16-14-10;;/h1-4,7,22H,5-6,21H2,(H,23,30)(H,31,32);1,3,5,9H,2,4,12H2,(H,13,14,15);1H4;1H/t;9-;;/m.0../s1. The van der Waals surface area contributed by atoms with Crippen molar-refractivity contribution >= 4 is 41.4 Å². The summed E-state index contributed by atoms with van der Waals surface area (Å²) in [6, 6.07) is 11.2. The molecule has 1 aliphatic carbocycles. The SMILES string of the molecule is C.Cl.N[C@H]1CCc2cc(-c3noc(=O)[nH]3)ccc21.Nc1c(NCc2cc(CNC(=O)c3cc(C(=O)O)n4ncnc4n3)ccc2F)c(=O)c1=O. The first-order valence-electron chi connectivity index (χ1n) is 14.3. The van der Waals surface area contributed by atoms with Gasteiger partial charge < -0.3 is 27.2 Å². The fourth-order valence-corrected chi connectivity index (χ4v) is 5.15. The average Bonchev–Trinajstić information content (AvgIpc) is 3.84. The van der Waals surface area contributed by atoms with E-state index in [1.807, 2.05) is 18.2 Å². The van der Waals surface area contributed by atoms with E-state index in [1.165, 1.54) is 29.3 Å². The van der Waals surface area contributed by atoms with Crippen molar-refractivity contribution in [2.24, 2.45) is 5.73 Å². The third-order valence-corrected chi connectivity index (χ3v) is 7.65. The summed E-state index contributed by atoms with van der Waals surface area (Å²) >= 11 is 0. The highest BCUT2D eigenvalue weighted by atomic mass is 35.5. The number of rotatable bonds is 8. The number of fused-ring (bicyclic) bond motifs is 2. The predicted octanol–water partition coefficient (Wildman–Crippen LogP) is 1.72. The van der Waals surface area contributed by atoms with E-state index in [2.05, 4.69) is 40.4 Å². The van der Waals surface area contributed by atoms with E-state index < -0.39 is 34.3 Å². The summed E-state index contributed by atoms with van der Waals surface area (Å²) in [7, 11) is 0. The highest BCUT2D eigenvalue weighted by Gasteiger charge is 2.21. The molecule has 260 valence electrons. The number of anilines is 2. The van der Waals surface area contributed by atoms with Gasteiger partial charge in [-0.15, -0.1) is 12.4 Å². The van der Waals surface area contributed by atoms with Crippen molar-refractivity contribution in [3.63, 3.8) is 0 Å². The highest BCUT2D eigenvalue weighted by molar-refractivity contribution is 5.95. The van der Waals surface area contributed by atoms with Gasteiger partial charge in [-0.25, -0.2) is 19.0 Å². The molecule has 3 aromatic heterocycles. The van der Waals surface area contributed by atoms with Gasteiger partial charge in [0.05, 0.1) is 0 Å². The molecule has 19 heteroatoms. The zero-order valence-corrected chi connectivity index (χ0v) is 25.9. The second-order valence-electron chi connectivity index (χ2n) is 10.7. The monoisotopic (exact) mass is 708 g/mol. The average molecular weight is 709 g/mol. The third kappa shape index (κ3) is 7.25. The van der Waals surface area contributed by atoms with Crippen molar-refractivity contribution in [2.45, 2.75) is 39.4 Å². The molecule has 0 radical (unpaired) electrons. The number of nitrogen functional groups attached to an aromatic ring is 1. The van der Waals surface area contributed by atoms with Gasteiger partial charge in [-0.3, -0.25) is 23.9 Å². The van der Waals surface area contributed by atoms with Crippen molar-refractivity contribution in [1.82, 2.24) is 35.0 Å². The second kappa shape index (κ2) is 14.9. The van der Waals surface area contributed by atoms with E-state index in [0.29, 0.717) is 11.4 Å². The molecule has 17 nitrogen and oxygen atoms in total. The van der Waals surface area contributed by atoms with Crippen molar-refractivity contribution in [3.05, 3.63) is 119 Å². The minimum atomic E-state index is -1.31. The maximum absolute atomic E-state index is 14.1. The van der Waals surface area contributed by atoms with Crippen molar-refractivity contribution in [3.8, 4) is 11.4 Å². The van der Waals surface area contributed by atoms with Gasteiger partial charge in [0.15, 0.2) is 11.5 Å². The Hall–Kier alpha value is -6.27. The second-order valence-corrected chi connectivity index (χ2v) is 10.7. The number of aryl methyl sites for hydroxylation is 1. The van der Waals surface area contributed by atoms with Crippen LogP contribution in [0.5, 0.6) is 0 Å². The molecular formula is C31H30ClFN10O7. The van der Waals surface area contributed by atoms with Gasteiger partial charge in [0.2, 0.25) is 0 Å². The Labute approximate surface area is 286 Å². The molecule has 0 spiro atoms. The Bertz CT molecular complexity index is 2340. The van der Waals surface area contributed by atoms with Crippen LogP contribution in [0, 0.1) is 5.82 Å². The maximum Gasteiger partial charge on any atom is 0.439 e. The summed E-state index contributed by atoms with van der Waals surface area (Å²) in [6.45, 7) is -0.119. The molecule has 0 saturated carbocycles. The van der Waals surface area contributed by atoms with Gasteiger partial charge in [0.25, 0.3) is 22.5 Å². The van der Waals surface area contributed by atoms with Crippen LogP contribution >= 0.6 is 12.4 Å². The summed E-state index contributed by atoms with van der Waals surface area (Å²) in [5, 5.41) is 21.9. The van der Waals surface area contributed by atoms with Crippen LogP contribution in [-0.4, -0.2) is 46.7 Å². The van der Waals surface area contributed by atoms with Crippen LogP contribution in [0.3, 0.4) is 0 Å². The Kier molecular flexibility index (Phi) is 10.9. The third-order valence-electron chi connectivity index (χ3n) is 7.65. The molecule has 0 saturated heterocycles. The topological polar surface area (TPSA) is 267 Å². The molecule has 0 bridgehead atoms. The number of carbonyl (C=O) groups is 2. The normalized spacial score (nSPS) is 13.0. The number of aromatic nitrogens is 6. The van der Waals surface area contributed by atoms with Gasteiger partial charge in [-0.2, -0.15) is 14.6 Å². The molecule has 3 heterocycles. The van der Waals surface area contributed by atoms with Gasteiger partial charge >= 0.3 is 11.7 Å². The Morgan fingerprint density at radius 1 is 1.10 bits per heavy atom. The molecular weight excluding hydrogens is 679 g/mol. The van der Waals surface area contributed by atoms with Crippen LogP contribution in [0.2, 0.25) is 0 Å². The number of aromatic amines is 1. The Morgan fingerprint density at radius 2 is 1.88 bits per heavy atom. The van der Waals surface area contributed by atoms with Crippen molar-refractivity contribution in [2.75, 3.05) is 11.1 Å². The van der Waals surface area contributed by atoms with Crippen LogP contribution < -0.4 is 38.7 Å². The molecule has 1 atom stereocenters. The number of amides is 1. The fourth-order valence-electron chi connectivity index (χ4n) is 5.15. The molecule has 3 aromatic carbocycles. The van der Waals surface area contributed by atoms with Crippen LogP contribution in [-0.2, 0) is 19.5 Å². The van der Waals surface area contributed by atoms with Crippen molar-refractivity contribution in [1.29, 1.82) is 0 Å². The maximum atomic E-state index is 14.1. The number of carboxylic acids is 1. The van der Waals surface area contributed by atoms with E-state index in [-0.39, 0.29) is 73.1 Å². The first-order chi connectivity index (χ1) is 23.0. The number of carboxylic acid groups (broad SMARTS) is 1. The molecule has 6 aromatic rings. The predicted molar refractivity (Wildman–Crippen MR) is 180 cm³/mol. The van der Waals surface area contributed by atoms with Crippen LogP contribution in [0.1, 0.15) is 63.1 Å². The minimum absolute atomic E-state index is 0. The van der Waals surface area contributed by atoms with Crippen molar-refractivity contribution < 1.29 is 23.6 Å². The zero-order valence-electron chi connectivity index (χ0n) is 25.1. The molecule has 0 fully saturated rings. The van der Waals surface area contributed by atoms with E-state index in [0.717, 1.165) is 35.3 Å². The number of H-pyrrole nitrogens is 1. The van der Waals surface area contributed by atoms with Gasteiger partial charge in [-0.05, 0) is 47.7 Å². The number of carbonyl (C=O) groups excluding carboxylic acids is 1. The van der Waals surface area contributed by atoms with E-state index >= 15 is 0 Å². The van der Waals surface area contributed by atoms with Gasteiger partial charge in [0, 0.05) is 36.3 Å². The largest absolute Gasteiger partial charge is 0.477 e. The van der Waals surface area contributed by atoms with Gasteiger partial charge in [0.1, 0.15) is 29.2 Å². The Morgan fingerprint density at radius 3 is 2.58 bits per heavy atom. The van der Waals surface area contributed by atoms with Crippen LogP contribution in [0.15, 0.2) is 67.7 Å². The number of hydrogen-bond donors (Lipinski definition) is 6. The quantitative estimate of drug-likeness (QED) is 0.123. The number of nitrogens with one attached hydrogen (secondary N) is 3. The lowest BCUT2D eigenvalue weighted by Gasteiger charge is -2.12. The summed E-state index contributed by atoms with van der Waals surface area (Å²) in [5.41, 5.74) is 13.1. The van der Waals surface area contributed by atoms with E-state index in [4.69, 9.17) is 11.5 Å². The summed E-state index contributed by atoms with van der Waals surface area (Å²) < 4.78 is 19.6. The summed E-state index contributed by atoms with van der Waals surface area (Å²) in [6.07, 6.45) is 3.07. The highest BCUT2D eigenvalue weighted by Crippen LogP contribution is 2.31. The van der Waals surface area contributed by atoms with Crippen LogP contribution in [0.4, 0.5) is 15.8 Å². The molecule has 1 aliphatic rings. The smallest absolute Gasteiger partial charge is 0.439 e. The van der Waals surface area contributed by atoms with E-state index in [1.54, 1.807) is 0 Å². The molecule has 7 rings (SSSR count). The first-order valence-corrected chi connectivity index (χ1v) is 14.3. The number of aromatic carboxylic acids is 1. The van der Waals surface area contributed by atoms with E-state index in [9.17, 15) is 33.5 Å². The first kappa shape index (κ1) is 36.6.